The first-order valence-corrected chi connectivity index (χ1v) is 9.10. The Hall–Kier alpha value is -3.74. The molecule has 2 aromatic heterocycles. The molecule has 0 amide bonds. The van der Waals surface area contributed by atoms with E-state index in [1.165, 1.54) is 14.2 Å². The molecule has 0 aliphatic heterocycles. The Kier molecular flexibility index (Phi) is 4.72. The van der Waals surface area contributed by atoms with Crippen molar-refractivity contribution in [2.24, 2.45) is 0 Å². The third-order valence-electron chi connectivity index (χ3n) is 5.10. The SMILES string of the molecule is COC(=O)Cc1c(-c2c(CC(=O)OC)c3ccccc3n2O)[nH]c2ccccc12. The summed E-state index contributed by atoms with van der Waals surface area (Å²) in [5.74, 6) is -0.820. The molecule has 0 atom stereocenters. The number of nitrogens with one attached hydrogen (secondary N) is 1. The molecule has 2 heterocycles. The lowest BCUT2D eigenvalue weighted by Gasteiger charge is -2.08. The highest BCUT2D eigenvalue weighted by atomic mass is 16.5. The van der Waals surface area contributed by atoms with Crippen molar-refractivity contribution in [3.8, 4) is 11.4 Å². The number of aromatic amines is 1. The van der Waals surface area contributed by atoms with E-state index in [-0.39, 0.29) is 12.8 Å². The van der Waals surface area contributed by atoms with Gasteiger partial charge in [0.1, 0.15) is 5.69 Å². The Morgan fingerprint density at radius 2 is 1.48 bits per heavy atom. The highest BCUT2D eigenvalue weighted by molar-refractivity contribution is 5.99. The lowest BCUT2D eigenvalue weighted by molar-refractivity contribution is -0.140. The van der Waals surface area contributed by atoms with Crippen molar-refractivity contribution in [3.63, 3.8) is 0 Å². The van der Waals surface area contributed by atoms with Gasteiger partial charge in [-0.25, -0.2) is 0 Å². The maximum absolute atomic E-state index is 12.1. The normalized spacial score (nSPS) is 11.1. The zero-order chi connectivity index (χ0) is 20.5. The quantitative estimate of drug-likeness (QED) is 0.401. The van der Waals surface area contributed by atoms with Crippen LogP contribution >= 0.6 is 0 Å². The topological polar surface area (TPSA) is 93.6 Å². The van der Waals surface area contributed by atoms with Gasteiger partial charge in [-0.3, -0.25) is 9.59 Å². The zero-order valence-electron chi connectivity index (χ0n) is 16.1. The Morgan fingerprint density at radius 1 is 0.897 bits per heavy atom. The standard InChI is InChI=1S/C22H20N2O5/c1-28-19(25)11-15-13-7-3-5-9-17(13)23-21(15)22-16(12-20(26)29-2)14-8-4-6-10-18(14)24(22)27/h3-10,23,27H,11-12H2,1-2H3. The molecule has 4 rings (SSSR count). The van der Waals surface area contributed by atoms with Gasteiger partial charge in [0, 0.05) is 21.9 Å². The fraction of sp³-hybridized carbons (Fsp3) is 0.182. The second-order valence-corrected chi connectivity index (χ2v) is 6.69. The molecule has 29 heavy (non-hydrogen) atoms. The van der Waals surface area contributed by atoms with Gasteiger partial charge >= 0.3 is 11.9 Å². The summed E-state index contributed by atoms with van der Waals surface area (Å²) in [5, 5.41) is 12.6. The van der Waals surface area contributed by atoms with Crippen LogP contribution in [0.5, 0.6) is 0 Å². The number of para-hydroxylation sites is 2. The van der Waals surface area contributed by atoms with Gasteiger partial charge in [0.05, 0.1) is 38.3 Å². The molecular weight excluding hydrogens is 372 g/mol. The number of esters is 2. The molecular formula is C22H20N2O5. The summed E-state index contributed by atoms with van der Waals surface area (Å²) in [6.45, 7) is 0. The number of fused-ring (bicyclic) bond motifs is 2. The molecule has 148 valence electrons. The van der Waals surface area contributed by atoms with Crippen LogP contribution in [-0.4, -0.2) is 41.1 Å². The average Bonchev–Trinajstić information content (AvgIpc) is 3.23. The summed E-state index contributed by atoms with van der Waals surface area (Å²) in [7, 11) is 2.66. The van der Waals surface area contributed by atoms with Gasteiger partial charge in [0.15, 0.2) is 0 Å². The number of nitrogens with zero attached hydrogens (tertiary/aromatic N) is 1. The van der Waals surface area contributed by atoms with E-state index in [0.717, 1.165) is 21.0 Å². The first-order chi connectivity index (χ1) is 14.0. The predicted molar refractivity (Wildman–Crippen MR) is 108 cm³/mol. The highest BCUT2D eigenvalue weighted by Crippen LogP contribution is 2.37. The van der Waals surface area contributed by atoms with E-state index < -0.39 is 11.9 Å². The van der Waals surface area contributed by atoms with Crippen molar-refractivity contribution in [2.45, 2.75) is 12.8 Å². The molecule has 0 saturated carbocycles. The van der Waals surface area contributed by atoms with E-state index >= 15 is 0 Å². The van der Waals surface area contributed by atoms with Crippen LogP contribution in [0.4, 0.5) is 0 Å². The fourth-order valence-electron chi connectivity index (χ4n) is 3.74. The fourth-order valence-corrected chi connectivity index (χ4v) is 3.74. The summed E-state index contributed by atoms with van der Waals surface area (Å²) in [6.07, 6.45) is 0.00196. The Labute approximate surface area is 166 Å². The van der Waals surface area contributed by atoms with E-state index in [2.05, 4.69) is 4.98 Å². The minimum atomic E-state index is -0.423. The van der Waals surface area contributed by atoms with Gasteiger partial charge in [-0.2, -0.15) is 4.73 Å². The monoisotopic (exact) mass is 392 g/mol. The molecule has 0 aliphatic carbocycles. The molecule has 4 aromatic rings. The molecule has 0 bridgehead atoms. The van der Waals surface area contributed by atoms with E-state index in [9.17, 15) is 14.8 Å². The summed E-state index contributed by atoms with van der Waals surface area (Å²) in [5.41, 5.74) is 3.67. The van der Waals surface area contributed by atoms with Gasteiger partial charge < -0.3 is 19.7 Å². The average molecular weight is 392 g/mol. The molecule has 7 heteroatoms. The van der Waals surface area contributed by atoms with Crippen LogP contribution in [0.3, 0.4) is 0 Å². The van der Waals surface area contributed by atoms with Gasteiger partial charge in [-0.05, 0) is 17.7 Å². The van der Waals surface area contributed by atoms with Crippen LogP contribution in [0.1, 0.15) is 11.1 Å². The molecule has 0 radical (unpaired) electrons. The smallest absolute Gasteiger partial charge is 0.310 e. The zero-order valence-corrected chi connectivity index (χ0v) is 16.1. The van der Waals surface area contributed by atoms with Crippen molar-refractivity contribution in [1.29, 1.82) is 0 Å². The largest absolute Gasteiger partial charge is 0.469 e. The summed E-state index contributed by atoms with van der Waals surface area (Å²) in [4.78, 5) is 27.5. The number of aromatic nitrogens is 2. The molecule has 7 nitrogen and oxygen atoms in total. The number of H-pyrrole nitrogens is 1. The van der Waals surface area contributed by atoms with Crippen LogP contribution in [0, 0.1) is 0 Å². The second-order valence-electron chi connectivity index (χ2n) is 6.69. The third kappa shape index (κ3) is 3.10. The van der Waals surface area contributed by atoms with Crippen LogP contribution in [0.2, 0.25) is 0 Å². The number of methoxy groups -OCH3 is 2. The third-order valence-corrected chi connectivity index (χ3v) is 5.10. The molecule has 0 fully saturated rings. The summed E-state index contributed by atoms with van der Waals surface area (Å²) in [6, 6.07) is 14.8. The van der Waals surface area contributed by atoms with Crippen LogP contribution in [0.25, 0.3) is 33.2 Å². The van der Waals surface area contributed by atoms with Gasteiger partial charge in [-0.1, -0.05) is 36.4 Å². The number of hydrogen-bond donors (Lipinski definition) is 2. The highest BCUT2D eigenvalue weighted by Gasteiger charge is 2.26. The van der Waals surface area contributed by atoms with E-state index in [0.29, 0.717) is 28.0 Å². The van der Waals surface area contributed by atoms with Crippen LogP contribution < -0.4 is 0 Å². The maximum atomic E-state index is 12.1. The number of rotatable bonds is 5. The van der Waals surface area contributed by atoms with Crippen molar-refractivity contribution in [2.75, 3.05) is 14.2 Å². The lowest BCUT2D eigenvalue weighted by atomic mass is 10.0. The Bertz CT molecular complexity index is 1230. The first-order valence-electron chi connectivity index (χ1n) is 9.10. The number of carbonyl (C=O) groups is 2. The van der Waals surface area contributed by atoms with E-state index in [4.69, 9.17) is 9.47 Å². The second kappa shape index (κ2) is 7.35. The van der Waals surface area contributed by atoms with Gasteiger partial charge in [-0.15, -0.1) is 0 Å². The molecule has 2 N–H and O–H groups in total. The summed E-state index contributed by atoms with van der Waals surface area (Å²) < 4.78 is 10.8. The molecule has 0 spiro atoms. The van der Waals surface area contributed by atoms with E-state index in [1.807, 2.05) is 36.4 Å². The number of benzene rings is 2. The van der Waals surface area contributed by atoms with Crippen molar-refractivity contribution in [3.05, 3.63) is 59.7 Å². The number of ether oxygens (including phenoxy) is 2. The van der Waals surface area contributed by atoms with Gasteiger partial charge in [0.25, 0.3) is 0 Å². The predicted octanol–water partition coefficient (Wildman–Crippen LogP) is 3.46. The lowest BCUT2D eigenvalue weighted by Crippen LogP contribution is -2.08. The minimum Gasteiger partial charge on any atom is -0.469 e. The van der Waals surface area contributed by atoms with E-state index in [1.54, 1.807) is 12.1 Å². The van der Waals surface area contributed by atoms with Crippen LogP contribution in [0.15, 0.2) is 48.5 Å². The first kappa shape index (κ1) is 18.6. The minimum absolute atomic E-state index is 0.0209. The van der Waals surface area contributed by atoms with Crippen molar-refractivity contribution in [1.82, 2.24) is 9.71 Å². The van der Waals surface area contributed by atoms with Crippen molar-refractivity contribution >= 4 is 33.7 Å². The summed E-state index contributed by atoms with van der Waals surface area (Å²) >= 11 is 0. The molecule has 2 aromatic carbocycles. The molecule has 0 unspecified atom stereocenters. The number of hydrogen-bond acceptors (Lipinski definition) is 5. The van der Waals surface area contributed by atoms with Crippen LogP contribution in [-0.2, 0) is 31.9 Å². The Morgan fingerprint density at radius 3 is 2.17 bits per heavy atom. The maximum Gasteiger partial charge on any atom is 0.310 e. The molecule has 0 saturated heterocycles. The van der Waals surface area contributed by atoms with Gasteiger partial charge in [0.2, 0.25) is 0 Å². The Balaban J connectivity index is 2.04. The number of carbonyl (C=O) groups excluding carboxylic acids is 2. The molecule has 0 aliphatic rings. The van der Waals surface area contributed by atoms with Crippen molar-refractivity contribution < 1.29 is 24.3 Å².